The lowest BCUT2D eigenvalue weighted by Gasteiger charge is -2.36. The van der Waals surface area contributed by atoms with Crippen molar-refractivity contribution in [2.75, 3.05) is 43.9 Å². The number of nitrogens with zero attached hydrogens (tertiary/aromatic N) is 2. The monoisotopic (exact) mass is 390 g/mol. The van der Waals surface area contributed by atoms with Crippen molar-refractivity contribution in [1.82, 2.24) is 4.90 Å². The number of thioether (sulfide) groups is 1. The van der Waals surface area contributed by atoms with Gasteiger partial charge in [0.05, 0.1) is 12.9 Å². The lowest BCUT2D eigenvalue weighted by atomic mass is 10.2. The second-order valence-electron chi connectivity index (χ2n) is 6.19. The Balaban J connectivity index is 1.43. The predicted molar refractivity (Wildman–Crippen MR) is 109 cm³/mol. The summed E-state index contributed by atoms with van der Waals surface area (Å²) in [5.74, 6) is 2.42. The molecule has 1 amide bonds. The van der Waals surface area contributed by atoms with Gasteiger partial charge >= 0.3 is 0 Å². The van der Waals surface area contributed by atoms with E-state index in [0.717, 1.165) is 48.4 Å². The lowest BCUT2D eigenvalue weighted by Crippen LogP contribution is -2.49. The van der Waals surface area contributed by atoms with Crippen LogP contribution in [0.25, 0.3) is 0 Å². The van der Waals surface area contributed by atoms with Gasteiger partial charge in [0.1, 0.15) is 5.75 Å². The maximum absolute atomic E-state index is 12.4. The van der Waals surface area contributed by atoms with Crippen LogP contribution in [0.1, 0.15) is 5.56 Å². The number of benzene rings is 2. The molecule has 0 bridgehead atoms. The highest BCUT2D eigenvalue weighted by Gasteiger charge is 2.21. The van der Waals surface area contributed by atoms with E-state index in [0.29, 0.717) is 5.75 Å². The molecular formula is C20H23ClN2O2S. The molecular weight excluding hydrogens is 368 g/mol. The van der Waals surface area contributed by atoms with E-state index in [2.05, 4.69) is 11.0 Å². The summed E-state index contributed by atoms with van der Waals surface area (Å²) >= 11 is 7.54. The standard InChI is InChI=1S/C20H23ClN2O2S/c1-25-19-4-2-3-18(13-19)22-9-11-23(12-10-22)20(24)15-26-14-16-5-7-17(21)8-6-16/h2-8,13H,9-12,14-15H2,1H3. The zero-order valence-electron chi connectivity index (χ0n) is 14.9. The van der Waals surface area contributed by atoms with Crippen molar-refractivity contribution in [3.05, 3.63) is 59.1 Å². The minimum atomic E-state index is 0.217. The maximum atomic E-state index is 12.4. The quantitative estimate of drug-likeness (QED) is 0.748. The van der Waals surface area contributed by atoms with E-state index in [1.54, 1.807) is 18.9 Å². The minimum Gasteiger partial charge on any atom is -0.497 e. The highest BCUT2D eigenvalue weighted by atomic mass is 35.5. The van der Waals surface area contributed by atoms with E-state index in [1.165, 1.54) is 5.56 Å². The molecule has 0 spiro atoms. The summed E-state index contributed by atoms with van der Waals surface area (Å²) in [5, 5.41) is 0.740. The normalized spacial score (nSPS) is 14.4. The number of methoxy groups -OCH3 is 1. The van der Waals surface area contributed by atoms with Gasteiger partial charge in [-0.2, -0.15) is 0 Å². The van der Waals surface area contributed by atoms with Crippen LogP contribution in [0.3, 0.4) is 0 Å². The van der Waals surface area contributed by atoms with Crippen LogP contribution < -0.4 is 9.64 Å². The first-order chi connectivity index (χ1) is 12.7. The summed E-state index contributed by atoms with van der Waals surface area (Å²) in [6, 6.07) is 15.9. The first-order valence-electron chi connectivity index (χ1n) is 8.64. The van der Waals surface area contributed by atoms with Crippen molar-refractivity contribution in [1.29, 1.82) is 0 Å². The van der Waals surface area contributed by atoms with Crippen molar-refractivity contribution in [3.8, 4) is 5.75 Å². The largest absolute Gasteiger partial charge is 0.497 e. The molecule has 0 saturated carbocycles. The summed E-state index contributed by atoms with van der Waals surface area (Å²) < 4.78 is 5.29. The smallest absolute Gasteiger partial charge is 0.232 e. The van der Waals surface area contributed by atoms with Crippen LogP contribution in [-0.2, 0) is 10.5 Å². The molecule has 6 heteroatoms. The van der Waals surface area contributed by atoms with E-state index < -0.39 is 0 Å². The third-order valence-electron chi connectivity index (χ3n) is 4.46. The average molecular weight is 391 g/mol. The van der Waals surface area contributed by atoms with Gasteiger partial charge in [0.25, 0.3) is 0 Å². The molecule has 0 atom stereocenters. The maximum Gasteiger partial charge on any atom is 0.232 e. The molecule has 0 unspecified atom stereocenters. The van der Waals surface area contributed by atoms with Crippen LogP contribution in [0.15, 0.2) is 48.5 Å². The SMILES string of the molecule is COc1cccc(N2CCN(C(=O)CSCc3ccc(Cl)cc3)CC2)c1. The van der Waals surface area contributed by atoms with Gasteiger partial charge in [-0.05, 0) is 29.8 Å². The van der Waals surface area contributed by atoms with E-state index in [1.807, 2.05) is 47.4 Å². The predicted octanol–water partition coefficient (Wildman–Crippen LogP) is 3.93. The second-order valence-corrected chi connectivity index (χ2v) is 7.61. The van der Waals surface area contributed by atoms with Crippen molar-refractivity contribution in [2.45, 2.75) is 5.75 Å². The molecule has 2 aromatic rings. The number of carbonyl (C=O) groups excluding carboxylic acids is 1. The van der Waals surface area contributed by atoms with Gasteiger partial charge in [-0.25, -0.2) is 0 Å². The average Bonchev–Trinajstić information content (AvgIpc) is 2.69. The summed E-state index contributed by atoms with van der Waals surface area (Å²) in [7, 11) is 1.68. The highest BCUT2D eigenvalue weighted by molar-refractivity contribution is 7.99. The number of piperazine rings is 1. The molecule has 0 aromatic heterocycles. The summed E-state index contributed by atoms with van der Waals surface area (Å²) in [4.78, 5) is 16.7. The molecule has 0 radical (unpaired) electrons. The third-order valence-corrected chi connectivity index (χ3v) is 5.70. The number of ether oxygens (including phenoxy) is 1. The van der Waals surface area contributed by atoms with Gasteiger partial charge in [0.15, 0.2) is 0 Å². The van der Waals surface area contributed by atoms with Crippen molar-refractivity contribution in [3.63, 3.8) is 0 Å². The van der Waals surface area contributed by atoms with Gasteiger partial charge < -0.3 is 14.5 Å². The molecule has 1 aliphatic heterocycles. The number of hydrogen-bond donors (Lipinski definition) is 0. The Morgan fingerprint density at radius 3 is 2.54 bits per heavy atom. The van der Waals surface area contributed by atoms with Gasteiger partial charge in [-0.1, -0.05) is 29.8 Å². The van der Waals surface area contributed by atoms with Gasteiger partial charge in [0.2, 0.25) is 5.91 Å². The van der Waals surface area contributed by atoms with Crippen molar-refractivity contribution in [2.24, 2.45) is 0 Å². The van der Waals surface area contributed by atoms with Crippen LogP contribution in [0.2, 0.25) is 5.02 Å². The molecule has 1 aliphatic rings. The number of anilines is 1. The fourth-order valence-electron chi connectivity index (χ4n) is 2.95. The summed E-state index contributed by atoms with van der Waals surface area (Å²) in [6.45, 7) is 3.22. The van der Waals surface area contributed by atoms with Gasteiger partial charge in [-0.3, -0.25) is 4.79 Å². The molecule has 0 aliphatic carbocycles. The number of hydrogen-bond acceptors (Lipinski definition) is 4. The van der Waals surface area contributed by atoms with E-state index >= 15 is 0 Å². The Kier molecular flexibility index (Phi) is 6.69. The first kappa shape index (κ1) is 18.9. The summed E-state index contributed by atoms with van der Waals surface area (Å²) in [6.07, 6.45) is 0. The molecule has 26 heavy (non-hydrogen) atoms. The fourth-order valence-corrected chi connectivity index (χ4v) is 3.96. The Hall–Kier alpha value is -1.85. The molecule has 4 nitrogen and oxygen atoms in total. The zero-order chi connectivity index (χ0) is 18.4. The number of halogens is 1. The second kappa shape index (κ2) is 9.19. The number of amides is 1. The third kappa shape index (κ3) is 5.08. The van der Waals surface area contributed by atoms with Crippen molar-refractivity contribution < 1.29 is 9.53 Å². The number of carbonyl (C=O) groups is 1. The Morgan fingerprint density at radius 1 is 1.12 bits per heavy atom. The van der Waals surface area contributed by atoms with E-state index in [4.69, 9.17) is 16.3 Å². The molecule has 1 fully saturated rings. The van der Waals surface area contributed by atoms with Crippen LogP contribution >= 0.6 is 23.4 Å². The Bertz CT molecular complexity index is 731. The minimum absolute atomic E-state index is 0.217. The van der Waals surface area contributed by atoms with Gasteiger partial charge in [0, 0.05) is 48.7 Å². The Morgan fingerprint density at radius 2 is 1.85 bits per heavy atom. The number of rotatable bonds is 6. The van der Waals surface area contributed by atoms with E-state index in [9.17, 15) is 4.79 Å². The van der Waals surface area contributed by atoms with Crippen LogP contribution in [0.4, 0.5) is 5.69 Å². The first-order valence-corrected chi connectivity index (χ1v) is 10.2. The zero-order valence-corrected chi connectivity index (χ0v) is 16.4. The lowest BCUT2D eigenvalue weighted by molar-refractivity contribution is -0.128. The van der Waals surface area contributed by atoms with Crippen LogP contribution in [0.5, 0.6) is 5.75 Å². The van der Waals surface area contributed by atoms with Crippen LogP contribution in [-0.4, -0.2) is 49.8 Å². The summed E-state index contributed by atoms with van der Waals surface area (Å²) in [5.41, 5.74) is 2.34. The molecule has 3 rings (SSSR count). The van der Waals surface area contributed by atoms with Crippen LogP contribution in [0, 0.1) is 0 Å². The molecule has 138 valence electrons. The Labute approximate surface area is 164 Å². The molecule has 1 saturated heterocycles. The fraction of sp³-hybridized carbons (Fsp3) is 0.350. The molecule has 1 heterocycles. The molecule has 2 aromatic carbocycles. The van der Waals surface area contributed by atoms with E-state index in [-0.39, 0.29) is 5.91 Å². The van der Waals surface area contributed by atoms with Crippen molar-refractivity contribution >= 4 is 35.0 Å². The molecule has 0 N–H and O–H groups in total. The topological polar surface area (TPSA) is 32.8 Å². The highest BCUT2D eigenvalue weighted by Crippen LogP contribution is 2.22. The van der Waals surface area contributed by atoms with Gasteiger partial charge in [-0.15, -0.1) is 11.8 Å².